The molecule has 0 aromatic heterocycles. The van der Waals surface area contributed by atoms with Crippen LogP contribution in [-0.2, 0) is 9.84 Å². The van der Waals surface area contributed by atoms with E-state index in [0.717, 1.165) is 13.0 Å². The Hall–Kier alpha value is 0.200. The van der Waals surface area contributed by atoms with Gasteiger partial charge >= 0.3 is 0 Å². The third-order valence-corrected chi connectivity index (χ3v) is 3.92. The second kappa shape index (κ2) is 4.44. The van der Waals surface area contributed by atoms with E-state index in [1.54, 1.807) is 0 Å². The van der Waals surface area contributed by atoms with Gasteiger partial charge in [0.1, 0.15) is 0 Å². The van der Waals surface area contributed by atoms with Gasteiger partial charge in [-0.2, -0.15) is 0 Å². The molecule has 1 aliphatic heterocycles. The summed E-state index contributed by atoms with van der Waals surface area (Å²) >= 11 is 5.53. The van der Waals surface area contributed by atoms with Crippen LogP contribution in [0.3, 0.4) is 0 Å². The monoisotopic (exact) mass is 211 g/mol. The normalized spacial score (nSPS) is 24.1. The van der Waals surface area contributed by atoms with Crippen molar-refractivity contribution < 1.29 is 8.42 Å². The first-order valence-electron chi connectivity index (χ1n) is 4.13. The highest BCUT2D eigenvalue weighted by Gasteiger charge is 2.20. The zero-order chi connectivity index (χ0) is 9.03. The fourth-order valence-electron chi connectivity index (χ4n) is 1.26. The molecule has 0 saturated carbocycles. The quantitative estimate of drug-likeness (QED) is 0.633. The predicted molar refractivity (Wildman–Crippen MR) is 50.4 cm³/mol. The highest BCUT2D eigenvalue weighted by Crippen LogP contribution is 2.04. The van der Waals surface area contributed by atoms with Gasteiger partial charge in [0, 0.05) is 19.0 Å². The van der Waals surface area contributed by atoms with Crippen LogP contribution < -0.4 is 0 Å². The summed E-state index contributed by atoms with van der Waals surface area (Å²) in [4.78, 5) is 2.16. The molecule has 12 heavy (non-hydrogen) atoms. The molecule has 0 N–H and O–H groups in total. The molecular formula is C7H14ClNO2S. The maximum Gasteiger partial charge on any atom is 0.152 e. The summed E-state index contributed by atoms with van der Waals surface area (Å²) in [5.41, 5.74) is 0. The Morgan fingerprint density at radius 1 is 1.25 bits per heavy atom. The van der Waals surface area contributed by atoms with E-state index in [0.29, 0.717) is 30.5 Å². The van der Waals surface area contributed by atoms with E-state index in [1.165, 1.54) is 0 Å². The zero-order valence-corrected chi connectivity index (χ0v) is 8.57. The first kappa shape index (κ1) is 10.3. The van der Waals surface area contributed by atoms with Crippen molar-refractivity contribution in [3.63, 3.8) is 0 Å². The molecule has 0 aromatic carbocycles. The van der Waals surface area contributed by atoms with Gasteiger partial charge in [0.15, 0.2) is 9.84 Å². The van der Waals surface area contributed by atoms with Crippen LogP contribution >= 0.6 is 11.6 Å². The number of alkyl halides is 1. The molecule has 3 nitrogen and oxygen atoms in total. The van der Waals surface area contributed by atoms with Crippen molar-refractivity contribution in [3.05, 3.63) is 0 Å². The Labute approximate surface area is 78.6 Å². The molecule has 0 aliphatic carbocycles. The summed E-state index contributed by atoms with van der Waals surface area (Å²) in [6, 6.07) is 0. The van der Waals surface area contributed by atoms with Crippen LogP contribution in [0.2, 0.25) is 0 Å². The minimum Gasteiger partial charge on any atom is -0.301 e. The van der Waals surface area contributed by atoms with Crippen molar-refractivity contribution in [2.45, 2.75) is 6.42 Å². The predicted octanol–water partition coefficient (Wildman–Crippen LogP) is 0.346. The maximum absolute atomic E-state index is 11.0. The average molecular weight is 212 g/mol. The molecule has 0 spiro atoms. The van der Waals surface area contributed by atoms with Crippen molar-refractivity contribution in [2.75, 3.05) is 37.0 Å². The third kappa shape index (κ3) is 3.29. The maximum atomic E-state index is 11.0. The Bertz CT molecular complexity index is 214. The summed E-state index contributed by atoms with van der Waals surface area (Å²) in [6.45, 7) is 2.29. The Balaban J connectivity index is 2.27. The molecule has 5 heteroatoms. The molecule has 72 valence electrons. The number of hydrogen-bond donors (Lipinski definition) is 0. The molecule has 1 aliphatic rings. The van der Waals surface area contributed by atoms with Crippen molar-refractivity contribution >= 4 is 21.4 Å². The third-order valence-electron chi connectivity index (χ3n) is 2.05. The summed E-state index contributed by atoms with van der Waals surface area (Å²) in [6.07, 6.45) is 0.946. The highest BCUT2D eigenvalue weighted by molar-refractivity contribution is 7.91. The fraction of sp³-hybridized carbons (Fsp3) is 1.00. The summed E-state index contributed by atoms with van der Waals surface area (Å²) in [5, 5.41) is 0. The van der Waals surface area contributed by atoms with E-state index >= 15 is 0 Å². The lowest BCUT2D eigenvalue weighted by Crippen LogP contribution is -2.40. The second-order valence-electron chi connectivity index (χ2n) is 3.04. The largest absolute Gasteiger partial charge is 0.301 e. The van der Waals surface area contributed by atoms with Gasteiger partial charge in [-0.1, -0.05) is 0 Å². The number of halogens is 1. The smallest absolute Gasteiger partial charge is 0.152 e. The summed E-state index contributed by atoms with van der Waals surface area (Å²) in [7, 11) is -2.72. The van der Waals surface area contributed by atoms with Crippen LogP contribution in [0.4, 0.5) is 0 Å². The molecule has 0 radical (unpaired) electrons. The number of sulfone groups is 1. The molecular weight excluding hydrogens is 198 g/mol. The summed E-state index contributed by atoms with van der Waals surface area (Å²) in [5.74, 6) is 1.29. The van der Waals surface area contributed by atoms with E-state index in [4.69, 9.17) is 11.6 Å². The fourth-order valence-corrected chi connectivity index (χ4v) is 2.65. The molecule has 0 amide bonds. The Kier molecular flexibility index (Phi) is 3.80. The van der Waals surface area contributed by atoms with E-state index in [9.17, 15) is 8.42 Å². The lowest BCUT2D eigenvalue weighted by Gasteiger charge is -2.25. The van der Waals surface area contributed by atoms with Crippen molar-refractivity contribution in [1.29, 1.82) is 0 Å². The van der Waals surface area contributed by atoms with Crippen molar-refractivity contribution in [3.8, 4) is 0 Å². The van der Waals surface area contributed by atoms with E-state index < -0.39 is 9.84 Å². The van der Waals surface area contributed by atoms with Crippen LogP contribution in [0.1, 0.15) is 6.42 Å². The standard InChI is InChI=1S/C7H14ClNO2S/c8-2-1-3-9-4-6-12(10,11)7-5-9/h1-7H2. The van der Waals surface area contributed by atoms with Gasteiger partial charge < -0.3 is 4.90 Å². The molecule has 1 rings (SSSR count). The van der Waals surface area contributed by atoms with E-state index in [-0.39, 0.29) is 0 Å². The van der Waals surface area contributed by atoms with Crippen molar-refractivity contribution in [2.24, 2.45) is 0 Å². The zero-order valence-electron chi connectivity index (χ0n) is 7.00. The van der Waals surface area contributed by atoms with Gasteiger partial charge in [0.2, 0.25) is 0 Å². The van der Waals surface area contributed by atoms with Crippen LogP contribution in [0.25, 0.3) is 0 Å². The van der Waals surface area contributed by atoms with E-state index in [2.05, 4.69) is 4.90 Å². The van der Waals surface area contributed by atoms with Gasteiger partial charge in [-0.05, 0) is 13.0 Å². The lowest BCUT2D eigenvalue weighted by molar-refractivity contribution is 0.297. The molecule has 0 bridgehead atoms. The van der Waals surface area contributed by atoms with Gasteiger partial charge in [-0.3, -0.25) is 0 Å². The summed E-state index contributed by atoms with van der Waals surface area (Å²) < 4.78 is 22.0. The second-order valence-corrected chi connectivity index (χ2v) is 5.72. The van der Waals surface area contributed by atoms with Crippen LogP contribution in [-0.4, -0.2) is 50.3 Å². The number of rotatable bonds is 3. The Morgan fingerprint density at radius 3 is 2.33 bits per heavy atom. The van der Waals surface area contributed by atoms with Crippen molar-refractivity contribution in [1.82, 2.24) is 4.90 Å². The molecule has 0 unspecified atom stereocenters. The number of nitrogens with zero attached hydrogens (tertiary/aromatic N) is 1. The highest BCUT2D eigenvalue weighted by atomic mass is 35.5. The first-order valence-corrected chi connectivity index (χ1v) is 6.48. The SMILES string of the molecule is O=S1(=O)CCN(CCCCl)CC1. The Morgan fingerprint density at radius 2 is 1.83 bits per heavy atom. The minimum atomic E-state index is -2.72. The molecule has 0 aromatic rings. The molecule has 0 atom stereocenters. The van der Waals surface area contributed by atoms with Gasteiger partial charge in [0.25, 0.3) is 0 Å². The van der Waals surface area contributed by atoms with Gasteiger partial charge in [-0.15, -0.1) is 11.6 Å². The van der Waals surface area contributed by atoms with Gasteiger partial charge in [0.05, 0.1) is 11.5 Å². The van der Waals surface area contributed by atoms with Crippen LogP contribution in [0.15, 0.2) is 0 Å². The molecule has 1 fully saturated rings. The molecule has 1 saturated heterocycles. The minimum absolute atomic E-state index is 0.315. The lowest BCUT2D eigenvalue weighted by atomic mass is 10.4. The number of hydrogen-bond acceptors (Lipinski definition) is 3. The van der Waals surface area contributed by atoms with Crippen LogP contribution in [0.5, 0.6) is 0 Å². The van der Waals surface area contributed by atoms with E-state index in [1.807, 2.05) is 0 Å². The molecule has 1 heterocycles. The van der Waals surface area contributed by atoms with Gasteiger partial charge in [-0.25, -0.2) is 8.42 Å². The first-order chi connectivity index (χ1) is 5.64. The van der Waals surface area contributed by atoms with Crippen LogP contribution in [0, 0.1) is 0 Å². The topological polar surface area (TPSA) is 37.4 Å². The average Bonchev–Trinajstić information content (AvgIpc) is 2.03.